The van der Waals surface area contributed by atoms with Crippen LogP contribution in [0.3, 0.4) is 0 Å². The van der Waals surface area contributed by atoms with E-state index in [2.05, 4.69) is 5.73 Å². The minimum absolute atomic E-state index is 0. The van der Waals surface area contributed by atoms with Crippen LogP contribution in [0.2, 0.25) is 0 Å². The van der Waals surface area contributed by atoms with Gasteiger partial charge in [0.25, 0.3) is 0 Å². The van der Waals surface area contributed by atoms with Crippen molar-refractivity contribution >= 4 is 23.6 Å². The zero-order valence-corrected chi connectivity index (χ0v) is 10.5. The Morgan fingerprint density at radius 3 is 1.33 bits per heavy atom. The summed E-state index contributed by atoms with van der Waals surface area (Å²) < 4.78 is 0. The molecule has 0 radical (unpaired) electrons. The van der Waals surface area contributed by atoms with Crippen molar-refractivity contribution in [2.75, 3.05) is 4.90 Å². The Balaban J connectivity index is 0.000000715. The highest BCUT2D eigenvalue weighted by Crippen LogP contribution is 2.24. The van der Waals surface area contributed by atoms with Crippen LogP contribution in [0.1, 0.15) is 7.43 Å². The molecule has 0 spiro atoms. The summed E-state index contributed by atoms with van der Waals surface area (Å²) in [5.41, 5.74) is 5.31. The largest absolute Gasteiger partial charge is 0.465 e. The summed E-state index contributed by atoms with van der Waals surface area (Å²) in [7, 11) is 0. The second-order valence-corrected chi connectivity index (χ2v) is 3.63. The van der Waals surface area contributed by atoms with Gasteiger partial charge in [-0.1, -0.05) is 43.8 Å². The van der Waals surface area contributed by atoms with Gasteiger partial charge in [0.2, 0.25) is 0 Å². The standard InChI is InChI=1S/C13H11NO2.CH3NO2.CH4/c15-13(16)14(11-7-3-1-4-8-11)12-9-5-2-6-10-12;2-1(3)4;/h1-10H,(H,15,16);2H2,(H,3,4);1H4. The molecule has 2 amide bonds. The van der Waals surface area contributed by atoms with E-state index in [1.165, 1.54) is 4.90 Å². The number of hydrogen-bond acceptors (Lipinski definition) is 2. The molecule has 2 aromatic rings. The Kier molecular flexibility index (Phi) is 7.68. The van der Waals surface area contributed by atoms with E-state index in [1.807, 2.05) is 36.4 Å². The maximum absolute atomic E-state index is 11.2. The summed E-state index contributed by atoms with van der Waals surface area (Å²) in [6.07, 6.45) is -2.32. The number of carboxylic acid groups (broad SMARTS) is 2. The summed E-state index contributed by atoms with van der Waals surface area (Å²) in [5, 5.41) is 16.4. The zero-order valence-electron chi connectivity index (χ0n) is 10.5. The third-order valence-electron chi connectivity index (χ3n) is 2.22. The fourth-order valence-corrected chi connectivity index (χ4v) is 1.52. The van der Waals surface area contributed by atoms with Crippen LogP contribution in [0.25, 0.3) is 0 Å². The summed E-state index contributed by atoms with van der Waals surface area (Å²) in [5.74, 6) is 0. The Bertz CT molecular complexity index is 515. The minimum Gasteiger partial charge on any atom is -0.465 e. The Labute approximate surface area is 123 Å². The molecule has 0 fully saturated rings. The molecule has 2 aromatic carbocycles. The second kappa shape index (κ2) is 8.98. The highest BCUT2D eigenvalue weighted by atomic mass is 16.4. The molecule has 0 saturated carbocycles. The summed E-state index contributed by atoms with van der Waals surface area (Å²) in [4.78, 5) is 21.3. The van der Waals surface area contributed by atoms with E-state index in [-0.39, 0.29) is 7.43 Å². The van der Waals surface area contributed by atoms with Crippen molar-refractivity contribution in [2.45, 2.75) is 7.43 Å². The summed E-state index contributed by atoms with van der Waals surface area (Å²) in [6.45, 7) is 0. The van der Waals surface area contributed by atoms with E-state index in [0.29, 0.717) is 11.4 Å². The first-order valence-electron chi connectivity index (χ1n) is 5.64. The van der Waals surface area contributed by atoms with Crippen LogP contribution in [0.5, 0.6) is 0 Å². The molecule has 0 saturated heterocycles. The lowest BCUT2D eigenvalue weighted by Gasteiger charge is -2.18. The lowest BCUT2D eigenvalue weighted by Crippen LogP contribution is -2.23. The number of anilines is 2. The molecule has 0 aliphatic heterocycles. The molecule has 0 heterocycles. The van der Waals surface area contributed by atoms with Crippen molar-refractivity contribution in [1.82, 2.24) is 0 Å². The highest BCUT2D eigenvalue weighted by molar-refractivity contribution is 5.94. The summed E-state index contributed by atoms with van der Waals surface area (Å²) in [6, 6.07) is 18.0. The van der Waals surface area contributed by atoms with Gasteiger partial charge in [-0.15, -0.1) is 0 Å². The van der Waals surface area contributed by atoms with Crippen LogP contribution in [0, 0.1) is 0 Å². The summed E-state index contributed by atoms with van der Waals surface area (Å²) >= 11 is 0. The van der Waals surface area contributed by atoms with Crippen molar-refractivity contribution in [3.8, 4) is 0 Å². The van der Waals surface area contributed by atoms with Gasteiger partial charge in [-0.05, 0) is 24.3 Å². The monoisotopic (exact) mass is 290 g/mol. The van der Waals surface area contributed by atoms with Crippen LogP contribution < -0.4 is 10.6 Å². The molecule has 0 atom stereocenters. The number of nitrogens with two attached hydrogens (primary N) is 1. The average molecular weight is 290 g/mol. The van der Waals surface area contributed by atoms with Gasteiger partial charge < -0.3 is 15.9 Å². The lowest BCUT2D eigenvalue weighted by molar-refractivity contribution is 0.203. The number of amides is 2. The molecule has 0 aliphatic carbocycles. The molecular weight excluding hydrogens is 272 g/mol. The van der Waals surface area contributed by atoms with E-state index >= 15 is 0 Å². The highest BCUT2D eigenvalue weighted by Gasteiger charge is 2.15. The fraction of sp³-hybridized carbons (Fsp3) is 0.0667. The molecule has 0 bridgehead atoms. The van der Waals surface area contributed by atoms with Gasteiger partial charge in [0.05, 0.1) is 11.4 Å². The number of carbonyl (C=O) groups is 2. The van der Waals surface area contributed by atoms with Crippen LogP contribution in [0.4, 0.5) is 21.0 Å². The van der Waals surface area contributed by atoms with Crippen LogP contribution in [-0.4, -0.2) is 22.4 Å². The maximum Gasteiger partial charge on any atom is 0.416 e. The third-order valence-corrected chi connectivity index (χ3v) is 2.22. The molecule has 112 valence electrons. The van der Waals surface area contributed by atoms with Gasteiger partial charge in [0, 0.05) is 0 Å². The maximum atomic E-state index is 11.2. The van der Waals surface area contributed by atoms with Gasteiger partial charge in [-0.3, -0.25) is 0 Å². The van der Waals surface area contributed by atoms with E-state index < -0.39 is 12.2 Å². The predicted octanol–water partition coefficient (Wildman–Crippen LogP) is 3.76. The van der Waals surface area contributed by atoms with E-state index in [4.69, 9.17) is 9.90 Å². The molecule has 0 aromatic heterocycles. The molecule has 6 heteroatoms. The SMILES string of the molecule is C.NC(=O)O.O=C(O)N(c1ccccc1)c1ccccc1. The topological polar surface area (TPSA) is 104 Å². The Morgan fingerprint density at radius 2 is 1.10 bits per heavy atom. The van der Waals surface area contributed by atoms with Crippen molar-refractivity contribution in [1.29, 1.82) is 0 Å². The lowest BCUT2D eigenvalue weighted by atomic mass is 10.2. The van der Waals surface area contributed by atoms with Gasteiger partial charge in [0.1, 0.15) is 0 Å². The van der Waals surface area contributed by atoms with E-state index in [1.54, 1.807) is 24.3 Å². The van der Waals surface area contributed by atoms with Crippen molar-refractivity contribution < 1.29 is 19.8 Å². The normalized spacial score (nSPS) is 8.57. The smallest absolute Gasteiger partial charge is 0.416 e. The van der Waals surface area contributed by atoms with Crippen LogP contribution in [0.15, 0.2) is 60.7 Å². The number of primary amides is 1. The zero-order chi connectivity index (χ0) is 15.0. The number of hydrogen-bond donors (Lipinski definition) is 3. The minimum atomic E-state index is -1.33. The molecule has 0 aliphatic rings. The van der Waals surface area contributed by atoms with E-state index in [0.717, 1.165) is 0 Å². The van der Waals surface area contributed by atoms with Gasteiger partial charge in [-0.25, -0.2) is 14.5 Å². The average Bonchev–Trinajstić information content (AvgIpc) is 2.40. The first kappa shape index (κ1) is 18.0. The quantitative estimate of drug-likeness (QED) is 0.783. The Morgan fingerprint density at radius 1 is 0.810 bits per heavy atom. The molecule has 2 rings (SSSR count). The molecular formula is C15H18N2O4. The second-order valence-electron chi connectivity index (χ2n) is 3.63. The molecule has 4 N–H and O–H groups in total. The van der Waals surface area contributed by atoms with Gasteiger partial charge in [-0.2, -0.15) is 0 Å². The Hall–Kier alpha value is -3.02. The number of para-hydroxylation sites is 2. The van der Waals surface area contributed by atoms with E-state index in [9.17, 15) is 9.90 Å². The van der Waals surface area contributed by atoms with Crippen molar-refractivity contribution in [3.63, 3.8) is 0 Å². The van der Waals surface area contributed by atoms with Gasteiger partial charge >= 0.3 is 12.2 Å². The fourth-order valence-electron chi connectivity index (χ4n) is 1.52. The molecule has 6 nitrogen and oxygen atoms in total. The third kappa shape index (κ3) is 6.11. The number of benzene rings is 2. The number of nitrogens with zero attached hydrogens (tertiary/aromatic N) is 1. The predicted molar refractivity (Wildman–Crippen MR) is 82.0 cm³/mol. The first-order chi connectivity index (χ1) is 9.52. The molecule has 21 heavy (non-hydrogen) atoms. The molecule has 0 unspecified atom stereocenters. The van der Waals surface area contributed by atoms with Crippen molar-refractivity contribution in [3.05, 3.63) is 60.7 Å². The van der Waals surface area contributed by atoms with Crippen LogP contribution in [-0.2, 0) is 0 Å². The van der Waals surface area contributed by atoms with Crippen molar-refractivity contribution in [2.24, 2.45) is 5.73 Å². The number of rotatable bonds is 2. The first-order valence-corrected chi connectivity index (χ1v) is 5.64. The van der Waals surface area contributed by atoms with Crippen LogP contribution >= 0.6 is 0 Å². The van der Waals surface area contributed by atoms with Gasteiger partial charge in [0.15, 0.2) is 0 Å².